The number of benzene rings is 4. The van der Waals surface area contributed by atoms with Gasteiger partial charge in [0.25, 0.3) is 5.91 Å². The number of carbonyl (C=O) groups is 1. The largest absolute Gasteiger partial charge is 0.461 e. The first kappa shape index (κ1) is 36.6. The Kier molecular flexibility index (Phi) is 9.94. The van der Waals surface area contributed by atoms with Gasteiger partial charge < -0.3 is 10.1 Å². The second kappa shape index (κ2) is 13.3. The van der Waals surface area contributed by atoms with E-state index in [1.54, 1.807) is 6.07 Å². The van der Waals surface area contributed by atoms with Crippen LogP contribution >= 0.6 is 0 Å². The molecule has 4 aromatic carbocycles. The number of nitrogens with zero attached hydrogens (tertiary/aromatic N) is 1. The van der Waals surface area contributed by atoms with Crippen LogP contribution in [0.2, 0.25) is 0 Å². The van der Waals surface area contributed by atoms with Crippen LogP contribution in [0.3, 0.4) is 0 Å². The molecule has 0 spiro atoms. The molecule has 0 fully saturated rings. The zero-order chi connectivity index (χ0) is 36.5. The lowest BCUT2D eigenvalue weighted by molar-refractivity contribution is -0.253. The van der Waals surface area contributed by atoms with Crippen LogP contribution in [0.25, 0.3) is 0 Å². The lowest BCUT2D eigenvalue weighted by atomic mass is 9.76. The maximum Gasteiger partial charge on any atom is 0.461 e. The number of halogens is 13. The van der Waals surface area contributed by atoms with E-state index < -0.39 is 93.8 Å². The topological polar surface area (TPSA) is 62.1 Å². The molecule has 0 bridgehead atoms. The second-order valence-electron chi connectivity index (χ2n) is 10.4. The highest BCUT2D eigenvalue weighted by molar-refractivity contribution is 5.95. The van der Waals surface area contributed by atoms with Crippen molar-refractivity contribution in [3.63, 3.8) is 0 Å². The van der Waals surface area contributed by atoms with Crippen molar-refractivity contribution in [1.29, 1.82) is 5.26 Å². The molecular weight excluding hydrogens is 691 g/mol. The first-order chi connectivity index (χ1) is 22.7. The van der Waals surface area contributed by atoms with Crippen LogP contribution in [0.4, 0.5) is 57.1 Å². The average Bonchev–Trinajstić information content (AvgIpc) is 2.99. The summed E-state index contributed by atoms with van der Waals surface area (Å²) in [6, 6.07) is 9.54. The van der Waals surface area contributed by atoms with E-state index in [1.165, 1.54) is 24.3 Å². The molecule has 1 atom stereocenters. The molecule has 0 aliphatic rings. The van der Waals surface area contributed by atoms with Crippen LogP contribution in [0.5, 0.6) is 5.75 Å². The van der Waals surface area contributed by atoms with Crippen LogP contribution in [-0.2, 0) is 24.3 Å². The molecule has 0 saturated carbocycles. The molecule has 0 aliphatic carbocycles. The van der Waals surface area contributed by atoms with Gasteiger partial charge in [-0.25, -0.2) is 13.2 Å². The smallest absolute Gasteiger partial charge is 0.428 e. The van der Waals surface area contributed by atoms with Crippen LogP contribution in [-0.4, -0.2) is 18.4 Å². The number of carbonyl (C=O) groups excluding carboxylic acids is 1. The van der Waals surface area contributed by atoms with Crippen LogP contribution in [0, 0.1) is 28.8 Å². The van der Waals surface area contributed by atoms with Crippen molar-refractivity contribution in [3.05, 3.63) is 135 Å². The van der Waals surface area contributed by atoms with Crippen molar-refractivity contribution in [3.8, 4) is 11.8 Å². The summed E-state index contributed by atoms with van der Waals surface area (Å²) < 4.78 is 183. The second-order valence-corrected chi connectivity index (χ2v) is 10.4. The monoisotopic (exact) mass is 708 g/mol. The highest BCUT2D eigenvalue weighted by Crippen LogP contribution is 2.41. The summed E-state index contributed by atoms with van der Waals surface area (Å²) in [5.74, 6) is -8.11. The van der Waals surface area contributed by atoms with E-state index in [0.29, 0.717) is 24.3 Å². The van der Waals surface area contributed by atoms with Crippen LogP contribution < -0.4 is 10.1 Å². The third-order valence-corrected chi connectivity index (χ3v) is 7.05. The number of ether oxygens (including phenoxy) is 1. The van der Waals surface area contributed by atoms with Gasteiger partial charge >= 0.3 is 24.9 Å². The molecule has 4 aromatic rings. The lowest BCUT2D eigenvalue weighted by Crippen LogP contribution is -2.49. The summed E-state index contributed by atoms with van der Waals surface area (Å²) in [7, 11) is 0. The minimum absolute atomic E-state index is 0.00286. The van der Waals surface area contributed by atoms with Crippen molar-refractivity contribution in [2.75, 3.05) is 0 Å². The SMILES string of the molecule is N#Cc1ccc(CC(NC(=O)c2ccc(F)c(C(F)(F)F)c2)(c2cc(F)cc(OC(F)(F)C(F)F)c2)c2ccc(F)c(C(F)(F)F)c2)cc1. The van der Waals surface area contributed by atoms with Gasteiger partial charge in [-0.15, -0.1) is 0 Å². The van der Waals surface area contributed by atoms with E-state index in [0.717, 1.165) is 0 Å². The fourth-order valence-corrected chi connectivity index (χ4v) is 4.79. The summed E-state index contributed by atoms with van der Waals surface area (Å²) in [6.07, 6.45) is -21.3. The molecule has 4 nitrogen and oxygen atoms in total. The van der Waals surface area contributed by atoms with Crippen molar-refractivity contribution in [1.82, 2.24) is 5.32 Å². The first-order valence-electron chi connectivity index (χ1n) is 13.4. The molecule has 4 rings (SSSR count). The number of nitriles is 1. The number of alkyl halides is 10. The Labute approximate surface area is 267 Å². The molecule has 0 aliphatic heterocycles. The summed E-state index contributed by atoms with van der Waals surface area (Å²) in [6.45, 7) is 0. The lowest BCUT2D eigenvalue weighted by Gasteiger charge is -2.37. The van der Waals surface area contributed by atoms with Gasteiger partial charge in [0.15, 0.2) is 0 Å². The van der Waals surface area contributed by atoms with Crippen molar-refractivity contribution >= 4 is 5.91 Å². The molecule has 49 heavy (non-hydrogen) atoms. The predicted octanol–water partition coefficient (Wildman–Crippen LogP) is 9.17. The first-order valence-corrected chi connectivity index (χ1v) is 13.4. The molecule has 258 valence electrons. The van der Waals surface area contributed by atoms with E-state index in [2.05, 4.69) is 10.1 Å². The number of hydrogen-bond acceptors (Lipinski definition) is 3. The molecule has 1 unspecified atom stereocenters. The van der Waals surface area contributed by atoms with E-state index in [-0.39, 0.29) is 41.5 Å². The molecule has 0 heterocycles. The Morgan fingerprint density at radius 3 is 1.86 bits per heavy atom. The van der Waals surface area contributed by atoms with Gasteiger partial charge in [0.1, 0.15) is 23.2 Å². The van der Waals surface area contributed by atoms with Crippen LogP contribution in [0.15, 0.2) is 78.9 Å². The Balaban J connectivity index is 2.07. The van der Waals surface area contributed by atoms with E-state index in [4.69, 9.17) is 5.26 Å². The summed E-state index contributed by atoms with van der Waals surface area (Å²) in [5, 5.41) is 11.3. The van der Waals surface area contributed by atoms with Crippen molar-refractivity contribution in [2.45, 2.75) is 36.8 Å². The molecular formula is C32H17F13N2O2. The van der Waals surface area contributed by atoms with Gasteiger partial charge in [0.2, 0.25) is 0 Å². The maximum absolute atomic E-state index is 15.0. The van der Waals surface area contributed by atoms with Gasteiger partial charge in [-0.05, 0) is 71.3 Å². The van der Waals surface area contributed by atoms with Crippen molar-refractivity contribution in [2.24, 2.45) is 0 Å². The van der Waals surface area contributed by atoms with Crippen LogP contribution in [0.1, 0.15) is 43.7 Å². The number of hydrogen-bond donors (Lipinski definition) is 1. The van der Waals surface area contributed by atoms with E-state index in [1.807, 2.05) is 0 Å². The van der Waals surface area contributed by atoms with E-state index in [9.17, 15) is 57.5 Å². The van der Waals surface area contributed by atoms with Gasteiger partial charge in [0.05, 0.1) is 28.3 Å². The van der Waals surface area contributed by atoms with Crippen molar-refractivity contribution < 1.29 is 66.6 Å². The summed E-state index contributed by atoms with van der Waals surface area (Å²) in [4.78, 5) is 13.6. The Morgan fingerprint density at radius 1 is 0.735 bits per heavy atom. The summed E-state index contributed by atoms with van der Waals surface area (Å²) >= 11 is 0. The highest BCUT2D eigenvalue weighted by Gasteiger charge is 2.45. The zero-order valence-electron chi connectivity index (χ0n) is 24.0. The molecule has 0 radical (unpaired) electrons. The zero-order valence-corrected chi connectivity index (χ0v) is 24.0. The fourth-order valence-electron chi connectivity index (χ4n) is 4.79. The van der Waals surface area contributed by atoms with Gasteiger partial charge in [-0.3, -0.25) is 4.79 Å². The molecule has 1 N–H and O–H groups in total. The standard InChI is InChI=1S/C32H17F13N2O2/c33-21-10-20(11-22(13-21)49-32(44,45)28(36)37)29(14-16-1-3-17(15-46)4-2-16,19-6-8-26(35)24(12-19)31(41,42)43)47-27(48)18-5-7-25(34)23(9-18)30(38,39)40/h1-13,28H,14H2,(H,47,48). The third-order valence-electron chi connectivity index (χ3n) is 7.05. The molecule has 1 amide bonds. The van der Waals surface area contributed by atoms with Gasteiger partial charge in [0, 0.05) is 18.1 Å². The van der Waals surface area contributed by atoms with Gasteiger partial charge in [-0.1, -0.05) is 18.2 Å². The minimum Gasteiger partial charge on any atom is -0.428 e. The quantitative estimate of drug-likeness (QED) is 0.177. The maximum atomic E-state index is 15.0. The normalized spacial score (nSPS) is 13.5. The number of nitrogens with one attached hydrogen (secondary N) is 1. The molecule has 0 aromatic heterocycles. The highest BCUT2D eigenvalue weighted by atomic mass is 19.4. The summed E-state index contributed by atoms with van der Waals surface area (Å²) in [5.41, 5.74) is -9.08. The minimum atomic E-state index is -5.42. The molecule has 0 saturated heterocycles. The van der Waals surface area contributed by atoms with E-state index >= 15 is 4.39 Å². The predicted molar refractivity (Wildman–Crippen MR) is 144 cm³/mol. The van der Waals surface area contributed by atoms with Gasteiger partial charge in [-0.2, -0.15) is 49.2 Å². The Bertz CT molecular complexity index is 1900. The fraction of sp³-hybridized carbons (Fsp3) is 0.188. The number of rotatable bonds is 9. The Hall–Kier alpha value is -5.27. The molecule has 17 heteroatoms. The Morgan fingerprint density at radius 2 is 1.31 bits per heavy atom. The number of amides is 1. The average molecular weight is 708 g/mol. The third kappa shape index (κ3) is 8.07.